The standard InChI is InChI=1S/C52H53NO/c1-48(2)21-22-49(3,4)42-27-34(16-19-40(42)48)53(33-15-18-39-37(26-33)36-11-7-8-12-38(36)50(39,5)6)35-17-20-45-43(28-35)52(41-13-9-10-14-44(41)54-45)46-24-31-23-32-25-47(52)51(46,29-31)30-32/h7-20,26-28,31-32,46-47H,21-25,29-30H2,1-6H3. The van der Waals surface area contributed by atoms with Crippen LogP contribution in [0.5, 0.6) is 11.5 Å². The van der Waals surface area contributed by atoms with Crippen LogP contribution in [0.3, 0.4) is 0 Å². The smallest absolute Gasteiger partial charge is 0.131 e. The number of hydrogen-bond donors (Lipinski definition) is 0. The third-order valence-electron chi connectivity index (χ3n) is 16.8. The normalized spacial score (nSPS) is 31.4. The van der Waals surface area contributed by atoms with Gasteiger partial charge in [0.25, 0.3) is 0 Å². The zero-order chi connectivity index (χ0) is 36.6. The maximum absolute atomic E-state index is 6.92. The van der Waals surface area contributed by atoms with E-state index < -0.39 is 0 Å². The molecule has 3 bridgehead atoms. The molecule has 6 aliphatic carbocycles. The van der Waals surface area contributed by atoms with E-state index in [0.717, 1.165) is 23.3 Å². The molecule has 0 radical (unpaired) electrons. The third kappa shape index (κ3) is 3.79. The van der Waals surface area contributed by atoms with Crippen LogP contribution in [-0.2, 0) is 21.7 Å². The summed E-state index contributed by atoms with van der Waals surface area (Å²) >= 11 is 0. The number of anilines is 3. The SMILES string of the molecule is CC1(C)CCC(C)(C)c2cc(N(c3ccc4c(c3)-c3ccccc3C4(C)C)c3ccc4c(c3)C3(c5ccccc5O4)C4CC5CC6CC3C4(C5)C6)ccc21. The van der Waals surface area contributed by atoms with Crippen LogP contribution in [0.1, 0.15) is 120 Å². The van der Waals surface area contributed by atoms with Gasteiger partial charge >= 0.3 is 0 Å². The molecule has 2 heteroatoms. The molecule has 0 aromatic heterocycles. The van der Waals surface area contributed by atoms with Gasteiger partial charge < -0.3 is 9.64 Å². The highest BCUT2D eigenvalue weighted by molar-refractivity contribution is 5.87. The Labute approximate surface area is 322 Å². The van der Waals surface area contributed by atoms with Gasteiger partial charge in [-0.25, -0.2) is 0 Å². The molecule has 4 saturated carbocycles. The molecule has 4 fully saturated rings. The lowest BCUT2D eigenvalue weighted by atomic mass is 9.37. The van der Waals surface area contributed by atoms with Crippen molar-refractivity contribution >= 4 is 17.1 Å². The second-order valence-corrected chi connectivity index (χ2v) is 20.6. The van der Waals surface area contributed by atoms with E-state index in [1.165, 1.54) is 107 Å². The number of fused-ring (bicyclic) bond motifs is 12. The number of ether oxygens (including phenoxy) is 1. The zero-order valence-corrected chi connectivity index (χ0v) is 32.9. The Bertz CT molecular complexity index is 2420. The van der Waals surface area contributed by atoms with Gasteiger partial charge in [0.1, 0.15) is 11.5 Å². The molecule has 4 atom stereocenters. The summed E-state index contributed by atoms with van der Waals surface area (Å²) in [5, 5.41) is 0. The summed E-state index contributed by atoms with van der Waals surface area (Å²) in [5.74, 6) is 5.37. The first-order valence-corrected chi connectivity index (χ1v) is 21.0. The molecule has 2 spiro atoms. The lowest BCUT2D eigenvalue weighted by Crippen LogP contribution is -2.64. The fourth-order valence-corrected chi connectivity index (χ4v) is 14.5. The Hall–Kier alpha value is -4.30. The fourth-order valence-electron chi connectivity index (χ4n) is 14.5. The van der Waals surface area contributed by atoms with Crippen molar-refractivity contribution < 1.29 is 4.74 Å². The molecule has 54 heavy (non-hydrogen) atoms. The van der Waals surface area contributed by atoms with Crippen molar-refractivity contribution in [1.82, 2.24) is 0 Å². The molecule has 1 heterocycles. The highest BCUT2D eigenvalue weighted by Gasteiger charge is 2.79. The minimum atomic E-state index is -0.0281. The lowest BCUT2D eigenvalue weighted by molar-refractivity contribution is -0.0882. The first kappa shape index (κ1) is 32.0. The Morgan fingerprint density at radius 1 is 0.500 bits per heavy atom. The number of hydrogen-bond acceptors (Lipinski definition) is 2. The minimum absolute atomic E-state index is 0.0263. The van der Waals surface area contributed by atoms with Crippen LogP contribution < -0.4 is 9.64 Å². The average molecular weight is 708 g/mol. The molecule has 0 saturated heterocycles. The Morgan fingerprint density at radius 2 is 1.06 bits per heavy atom. The van der Waals surface area contributed by atoms with Gasteiger partial charge in [0.05, 0.1) is 0 Å². The molecule has 5 aromatic rings. The van der Waals surface area contributed by atoms with Crippen molar-refractivity contribution in [3.63, 3.8) is 0 Å². The van der Waals surface area contributed by atoms with E-state index in [0.29, 0.717) is 17.3 Å². The Morgan fingerprint density at radius 3 is 1.80 bits per heavy atom. The van der Waals surface area contributed by atoms with Crippen LogP contribution in [0, 0.1) is 29.1 Å². The monoisotopic (exact) mass is 707 g/mol. The van der Waals surface area contributed by atoms with Crippen LogP contribution in [0.2, 0.25) is 0 Å². The molecule has 5 aromatic carbocycles. The molecule has 0 N–H and O–H groups in total. The van der Waals surface area contributed by atoms with Crippen LogP contribution in [-0.4, -0.2) is 0 Å². The summed E-state index contributed by atoms with van der Waals surface area (Å²) in [5.41, 5.74) is 16.0. The van der Waals surface area contributed by atoms with Crippen LogP contribution in [0.15, 0.2) is 103 Å². The number of nitrogens with zero attached hydrogens (tertiary/aromatic N) is 1. The molecular formula is C52H53NO. The van der Waals surface area contributed by atoms with E-state index in [2.05, 4.69) is 150 Å². The molecule has 272 valence electrons. The van der Waals surface area contributed by atoms with Gasteiger partial charge in [-0.3, -0.25) is 0 Å². The van der Waals surface area contributed by atoms with Crippen molar-refractivity contribution in [3.05, 3.63) is 137 Å². The highest BCUT2D eigenvalue weighted by atomic mass is 16.5. The minimum Gasteiger partial charge on any atom is -0.457 e. The van der Waals surface area contributed by atoms with E-state index in [9.17, 15) is 0 Å². The predicted octanol–water partition coefficient (Wildman–Crippen LogP) is 13.7. The topological polar surface area (TPSA) is 12.5 Å². The third-order valence-corrected chi connectivity index (χ3v) is 16.8. The van der Waals surface area contributed by atoms with Crippen molar-refractivity contribution in [2.45, 2.75) is 108 Å². The number of rotatable bonds is 3. The maximum Gasteiger partial charge on any atom is 0.131 e. The van der Waals surface area contributed by atoms with Crippen molar-refractivity contribution in [3.8, 4) is 22.6 Å². The summed E-state index contributed by atoms with van der Waals surface area (Å²) in [7, 11) is 0. The lowest BCUT2D eigenvalue weighted by Gasteiger charge is -2.66. The quantitative estimate of drug-likeness (QED) is 0.185. The second kappa shape index (κ2) is 10.1. The first-order valence-electron chi connectivity index (χ1n) is 21.0. The van der Waals surface area contributed by atoms with Gasteiger partial charge in [-0.05, 0) is 167 Å². The van der Waals surface area contributed by atoms with Gasteiger partial charge in [0.2, 0.25) is 0 Å². The van der Waals surface area contributed by atoms with E-state index in [4.69, 9.17) is 4.74 Å². The van der Waals surface area contributed by atoms with Crippen molar-refractivity contribution in [1.29, 1.82) is 0 Å². The first-order chi connectivity index (χ1) is 25.9. The summed E-state index contributed by atoms with van der Waals surface area (Å²) in [4.78, 5) is 2.59. The summed E-state index contributed by atoms with van der Waals surface area (Å²) in [6, 6.07) is 40.2. The molecule has 4 unspecified atom stereocenters. The molecule has 7 aliphatic rings. The molecular weight excluding hydrogens is 655 g/mol. The largest absolute Gasteiger partial charge is 0.457 e. The molecule has 2 nitrogen and oxygen atoms in total. The number of benzene rings is 5. The van der Waals surface area contributed by atoms with Gasteiger partial charge in [-0.2, -0.15) is 0 Å². The van der Waals surface area contributed by atoms with Crippen LogP contribution in [0.4, 0.5) is 17.1 Å². The summed E-state index contributed by atoms with van der Waals surface area (Å²) in [6.07, 6.45) is 9.56. The number of para-hydroxylation sites is 1. The van der Waals surface area contributed by atoms with Crippen LogP contribution in [0.25, 0.3) is 11.1 Å². The Balaban J connectivity index is 1.09. The Kier molecular flexibility index (Phi) is 5.99. The van der Waals surface area contributed by atoms with E-state index in [1.807, 2.05) is 0 Å². The fraction of sp³-hybridized carbons (Fsp3) is 0.423. The zero-order valence-electron chi connectivity index (χ0n) is 32.9. The van der Waals surface area contributed by atoms with Gasteiger partial charge in [0, 0.05) is 39.0 Å². The molecule has 0 amide bonds. The summed E-state index contributed by atoms with van der Waals surface area (Å²) in [6.45, 7) is 14.6. The van der Waals surface area contributed by atoms with E-state index >= 15 is 0 Å². The summed E-state index contributed by atoms with van der Waals surface area (Å²) < 4.78 is 6.92. The van der Waals surface area contributed by atoms with E-state index in [1.54, 1.807) is 0 Å². The predicted molar refractivity (Wildman–Crippen MR) is 221 cm³/mol. The molecule has 1 aliphatic heterocycles. The van der Waals surface area contributed by atoms with Gasteiger partial charge in [0.15, 0.2) is 0 Å². The van der Waals surface area contributed by atoms with Gasteiger partial charge in [-0.15, -0.1) is 0 Å². The van der Waals surface area contributed by atoms with Crippen LogP contribution >= 0.6 is 0 Å². The van der Waals surface area contributed by atoms with Crippen molar-refractivity contribution in [2.24, 2.45) is 29.1 Å². The highest BCUT2D eigenvalue weighted by Crippen LogP contribution is 2.85. The maximum atomic E-state index is 6.92. The molecule has 12 rings (SSSR count). The van der Waals surface area contributed by atoms with E-state index in [-0.39, 0.29) is 21.7 Å². The van der Waals surface area contributed by atoms with Gasteiger partial charge in [-0.1, -0.05) is 96.1 Å². The average Bonchev–Trinajstić information content (AvgIpc) is 3.66. The van der Waals surface area contributed by atoms with Crippen molar-refractivity contribution in [2.75, 3.05) is 4.90 Å². The second-order valence-electron chi connectivity index (χ2n) is 20.6.